The molecule has 1 aromatic heterocycles. The lowest BCUT2D eigenvalue weighted by molar-refractivity contribution is 0.315. The predicted molar refractivity (Wildman–Crippen MR) is 86.4 cm³/mol. The quantitative estimate of drug-likeness (QED) is 0.808. The molecule has 1 aliphatic rings. The van der Waals surface area contributed by atoms with Crippen molar-refractivity contribution in [2.24, 2.45) is 0 Å². The fourth-order valence-electron chi connectivity index (χ4n) is 2.20. The molecule has 0 bridgehead atoms. The first-order valence-corrected chi connectivity index (χ1v) is 8.28. The van der Waals surface area contributed by atoms with E-state index in [9.17, 15) is 0 Å². The van der Waals surface area contributed by atoms with Gasteiger partial charge in [-0.1, -0.05) is 12.1 Å². The highest BCUT2D eigenvalue weighted by Crippen LogP contribution is 2.27. The van der Waals surface area contributed by atoms with E-state index >= 15 is 0 Å². The van der Waals surface area contributed by atoms with Crippen molar-refractivity contribution < 1.29 is 9.47 Å². The van der Waals surface area contributed by atoms with Crippen LogP contribution in [0.1, 0.15) is 23.3 Å². The molecule has 112 valence electrons. The first kappa shape index (κ1) is 14.4. The Morgan fingerprint density at radius 1 is 1.29 bits per heavy atom. The lowest BCUT2D eigenvalue weighted by Gasteiger charge is -2.13. The van der Waals surface area contributed by atoms with E-state index in [2.05, 4.69) is 28.9 Å². The molecule has 1 N–H and O–H groups in total. The maximum atomic E-state index is 5.99. The van der Waals surface area contributed by atoms with Gasteiger partial charge in [-0.3, -0.25) is 0 Å². The van der Waals surface area contributed by atoms with Gasteiger partial charge >= 0.3 is 0 Å². The van der Waals surface area contributed by atoms with Gasteiger partial charge in [-0.15, -0.1) is 11.3 Å². The first-order chi connectivity index (χ1) is 10.3. The van der Waals surface area contributed by atoms with Crippen LogP contribution in [-0.4, -0.2) is 19.8 Å². The van der Waals surface area contributed by atoms with Crippen LogP contribution in [0.2, 0.25) is 0 Å². The highest BCUT2D eigenvalue weighted by Gasteiger charge is 2.20. The molecule has 3 nitrogen and oxygen atoms in total. The van der Waals surface area contributed by atoms with E-state index in [1.165, 1.54) is 23.3 Å². The molecule has 1 saturated carbocycles. The summed E-state index contributed by atoms with van der Waals surface area (Å²) in [6, 6.07) is 11.0. The molecule has 1 fully saturated rings. The third kappa shape index (κ3) is 4.22. The van der Waals surface area contributed by atoms with Crippen molar-refractivity contribution in [3.63, 3.8) is 0 Å². The maximum absolute atomic E-state index is 5.99. The Labute approximate surface area is 129 Å². The molecular formula is C17H21NO2S. The summed E-state index contributed by atoms with van der Waals surface area (Å²) in [5.74, 6) is 1.77. The van der Waals surface area contributed by atoms with Gasteiger partial charge in [-0.25, -0.2) is 0 Å². The normalized spacial score (nSPS) is 14.1. The minimum absolute atomic E-state index is 0.699. The molecule has 1 aliphatic carbocycles. The van der Waals surface area contributed by atoms with Crippen LogP contribution in [0.15, 0.2) is 35.7 Å². The van der Waals surface area contributed by atoms with Gasteiger partial charge < -0.3 is 14.8 Å². The monoisotopic (exact) mass is 303 g/mol. The Bertz CT molecular complexity index is 564. The maximum Gasteiger partial charge on any atom is 0.127 e. The van der Waals surface area contributed by atoms with E-state index in [4.69, 9.17) is 9.47 Å². The summed E-state index contributed by atoms with van der Waals surface area (Å²) in [6.45, 7) is 1.56. The Balaban J connectivity index is 1.61. The molecule has 2 aromatic rings. The van der Waals surface area contributed by atoms with E-state index in [0.717, 1.165) is 24.5 Å². The van der Waals surface area contributed by atoms with Crippen LogP contribution in [0, 0.1) is 0 Å². The van der Waals surface area contributed by atoms with Gasteiger partial charge in [0.15, 0.2) is 0 Å². The molecule has 0 amide bonds. The van der Waals surface area contributed by atoms with Crippen LogP contribution in [0.3, 0.4) is 0 Å². The fourth-order valence-corrected chi connectivity index (χ4v) is 2.89. The van der Waals surface area contributed by atoms with Gasteiger partial charge in [0.1, 0.15) is 11.5 Å². The molecule has 0 saturated heterocycles. The van der Waals surface area contributed by atoms with Gasteiger partial charge in [-0.05, 0) is 30.4 Å². The summed E-state index contributed by atoms with van der Waals surface area (Å²) in [4.78, 5) is 1.36. The molecule has 0 atom stereocenters. The topological polar surface area (TPSA) is 30.5 Å². The van der Waals surface area contributed by atoms with Crippen molar-refractivity contribution in [3.8, 4) is 11.5 Å². The predicted octanol–water partition coefficient (Wildman–Crippen LogP) is 3.63. The Kier molecular flexibility index (Phi) is 4.78. The third-order valence-electron chi connectivity index (χ3n) is 3.62. The summed E-state index contributed by atoms with van der Waals surface area (Å²) in [5.41, 5.74) is 1.20. The number of hydrogen-bond donors (Lipinski definition) is 1. The lowest BCUT2D eigenvalue weighted by Crippen LogP contribution is -2.16. The third-order valence-corrected chi connectivity index (χ3v) is 4.56. The molecule has 4 heteroatoms. The summed E-state index contributed by atoms with van der Waals surface area (Å²) in [6.07, 6.45) is 3.54. The summed E-state index contributed by atoms with van der Waals surface area (Å²) in [5, 5.41) is 5.64. The zero-order chi connectivity index (χ0) is 14.5. The van der Waals surface area contributed by atoms with Crippen molar-refractivity contribution in [2.75, 3.05) is 13.7 Å². The summed E-state index contributed by atoms with van der Waals surface area (Å²) < 4.78 is 11.3. The van der Waals surface area contributed by atoms with Gasteiger partial charge in [0.05, 0.1) is 13.7 Å². The van der Waals surface area contributed by atoms with Gasteiger partial charge in [-0.2, -0.15) is 0 Å². The minimum atomic E-state index is 0.699. The first-order valence-electron chi connectivity index (χ1n) is 7.40. The zero-order valence-corrected chi connectivity index (χ0v) is 13.1. The van der Waals surface area contributed by atoms with Crippen molar-refractivity contribution in [2.45, 2.75) is 31.8 Å². The van der Waals surface area contributed by atoms with Crippen LogP contribution in [0.5, 0.6) is 11.5 Å². The molecule has 3 rings (SSSR count). The van der Waals surface area contributed by atoms with E-state index < -0.39 is 0 Å². The second-order valence-corrected chi connectivity index (χ2v) is 6.34. The molecular weight excluding hydrogens is 282 g/mol. The summed E-state index contributed by atoms with van der Waals surface area (Å²) in [7, 11) is 1.69. The largest absolute Gasteiger partial charge is 0.497 e. The van der Waals surface area contributed by atoms with E-state index in [0.29, 0.717) is 12.6 Å². The number of nitrogens with one attached hydrogen (secondary N) is 1. The Morgan fingerprint density at radius 3 is 2.90 bits per heavy atom. The molecule has 21 heavy (non-hydrogen) atoms. The van der Waals surface area contributed by atoms with Gasteiger partial charge in [0.25, 0.3) is 0 Å². The number of rotatable bonds is 8. The highest BCUT2D eigenvalue weighted by molar-refractivity contribution is 7.09. The minimum Gasteiger partial charge on any atom is -0.497 e. The zero-order valence-electron chi connectivity index (χ0n) is 12.3. The van der Waals surface area contributed by atoms with Crippen LogP contribution >= 0.6 is 11.3 Å². The second kappa shape index (κ2) is 6.96. The van der Waals surface area contributed by atoms with Crippen LogP contribution in [-0.2, 0) is 13.0 Å². The lowest BCUT2D eigenvalue weighted by atomic mass is 10.2. The Hall–Kier alpha value is -1.52. The van der Waals surface area contributed by atoms with E-state index in [-0.39, 0.29) is 0 Å². The van der Waals surface area contributed by atoms with Gasteiger partial charge in [0.2, 0.25) is 0 Å². The van der Waals surface area contributed by atoms with Crippen LogP contribution in [0.25, 0.3) is 0 Å². The van der Waals surface area contributed by atoms with Crippen LogP contribution in [0.4, 0.5) is 0 Å². The molecule has 1 heterocycles. The van der Waals surface area contributed by atoms with Crippen molar-refractivity contribution in [3.05, 3.63) is 46.2 Å². The second-order valence-electron chi connectivity index (χ2n) is 5.31. The number of hydrogen-bond acceptors (Lipinski definition) is 4. The smallest absolute Gasteiger partial charge is 0.127 e. The molecule has 1 aromatic carbocycles. The average Bonchev–Trinajstić information content (AvgIpc) is 3.20. The van der Waals surface area contributed by atoms with Crippen molar-refractivity contribution in [1.29, 1.82) is 0 Å². The standard InChI is InChI=1S/C17H21NO2S/c1-19-15-7-4-13(12-18-14-5-6-14)17(11-15)20-9-8-16-3-2-10-21-16/h2-4,7,10-11,14,18H,5-6,8-9,12H2,1H3. The van der Waals surface area contributed by atoms with Crippen LogP contribution < -0.4 is 14.8 Å². The van der Waals surface area contributed by atoms with E-state index in [1.807, 2.05) is 12.1 Å². The van der Waals surface area contributed by atoms with Gasteiger partial charge in [0, 0.05) is 35.5 Å². The number of benzene rings is 1. The van der Waals surface area contributed by atoms with Crippen molar-refractivity contribution in [1.82, 2.24) is 5.32 Å². The summed E-state index contributed by atoms with van der Waals surface area (Å²) >= 11 is 1.78. The SMILES string of the molecule is COc1ccc(CNC2CC2)c(OCCc2cccs2)c1. The van der Waals surface area contributed by atoms with Crippen molar-refractivity contribution >= 4 is 11.3 Å². The molecule has 0 aliphatic heterocycles. The fraction of sp³-hybridized carbons (Fsp3) is 0.412. The molecule has 0 radical (unpaired) electrons. The number of thiophene rings is 1. The highest BCUT2D eigenvalue weighted by atomic mass is 32.1. The molecule has 0 spiro atoms. The number of methoxy groups -OCH3 is 1. The average molecular weight is 303 g/mol. The Morgan fingerprint density at radius 2 is 2.19 bits per heavy atom. The number of ether oxygens (including phenoxy) is 2. The molecule has 0 unspecified atom stereocenters. The van der Waals surface area contributed by atoms with E-state index in [1.54, 1.807) is 18.4 Å².